The minimum atomic E-state index is 0.244. The third-order valence-corrected chi connectivity index (χ3v) is 4.16. The van der Waals surface area contributed by atoms with Crippen LogP contribution in [0.25, 0.3) is 0 Å². The summed E-state index contributed by atoms with van der Waals surface area (Å²) in [5, 5.41) is 4.52. The molecule has 17 heavy (non-hydrogen) atoms. The van der Waals surface area contributed by atoms with Crippen LogP contribution in [0.5, 0.6) is 0 Å². The summed E-state index contributed by atoms with van der Waals surface area (Å²) in [7, 11) is 0. The molecule has 0 amide bonds. The van der Waals surface area contributed by atoms with Crippen molar-refractivity contribution in [2.75, 3.05) is 6.54 Å². The number of nitrogens with one attached hydrogen (secondary N) is 1. The van der Waals surface area contributed by atoms with Gasteiger partial charge < -0.3 is 5.32 Å². The largest absolute Gasteiger partial charge is 0.313 e. The second kappa shape index (κ2) is 4.47. The number of benzene rings is 1. The average molecular weight is 248 g/mol. The number of halogens is 1. The first kappa shape index (κ1) is 11.3. The molecule has 0 aromatic heterocycles. The van der Waals surface area contributed by atoms with Gasteiger partial charge in [-0.05, 0) is 43.4 Å². The lowest BCUT2D eigenvalue weighted by Crippen LogP contribution is -2.37. The highest BCUT2D eigenvalue weighted by Crippen LogP contribution is 2.38. The highest BCUT2D eigenvalue weighted by Gasteiger charge is 2.34. The lowest BCUT2D eigenvalue weighted by molar-refractivity contribution is 0.417. The molecule has 1 aromatic carbocycles. The summed E-state index contributed by atoms with van der Waals surface area (Å²) in [6.45, 7) is 1.07. The van der Waals surface area contributed by atoms with Gasteiger partial charge >= 0.3 is 0 Å². The molecule has 1 saturated carbocycles. The van der Waals surface area contributed by atoms with Crippen LogP contribution in [-0.4, -0.2) is 12.6 Å². The Labute approximate surface area is 108 Å². The zero-order valence-electron chi connectivity index (χ0n) is 9.95. The van der Waals surface area contributed by atoms with Crippen LogP contribution < -0.4 is 5.32 Å². The number of rotatable bonds is 4. The maximum absolute atomic E-state index is 6.12. The molecule has 2 aliphatic carbocycles. The Kier molecular flexibility index (Phi) is 2.97. The molecule has 2 aliphatic rings. The third kappa shape index (κ3) is 2.41. The van der Waals surface area contributed by atoms with Crippen molar-refractivity contribution in [1.82, 2.24) is 5.32 Å². The fraction of sp³-hybridized carbons (Fsp3) is 0.467. The monoisotopic (exact) mass is 247 g/mol. The van der Waals surface area contributed by atoms with Gasteiger partial charge in [0.2, 0.25) is 0 Å². The fourth-order valence-corrected chi connectivity index (χ4v) is 2.82. The van der Waals surface area contributed by atoms with Gasteiger partial charge in [-0.2, -0.15) is 0 Å². The summed E-state index contributed by atoms with van der Waals surface area (Å²) in [5.41, 5.74) is 1.62. The quantitative estimate of drug-likeness (QED) is 0.801. The van der Waals surface area contributed by atoms with Gasteiger partial charge in [0.15, 0.2) is 0 Å². The summed E-state index contributed by atoms with van der Waals surface area (Å²) >= 11 is 6.12. The third-order valence-electron chi connectivity index (χ3n) is 3.93. The summed E-state index contributed by atoms with van der Waals surface area (Å²) in [6, 6.07) is 9.13. The van der Waals surface area contributed by atoms with Crippen molar-refractivity contribution in [3.8, 4) is 0 Å². The van der Waals surface area contributed by atoms with Crippen LogP contribution in [0.1, 0.15) is 31.2 Å². The maximum atomic E-state index is 6.12. The van der Waals surface area contributed by atoms with E-state index in [0.29, 0.717) is 0 Å². The number of allylic oxidation sites excluding steroid dienone is 2. The lowest BCUT2D eigenvalue weighted by atomic mass is 9.78. The molecule has 0 unspecified atom stereocenters. The summed E-state index contributed by atoms with van der Waals surface area (Å²) in [6.07, 6.45) is 9.56. The van der Waals surface area contributed by atoms with E-state index in [1.807, 2.05) is 6.07 Å². The van der Waals surface area contributed by atoms with Crippen LogP contribution in [0.4, 0.5) is 0 Å². The van der Waals surface area contributed by atoms with Crippen molar-refractivity contribution in [3.05, 3.63) is 47.0 Å². The molecule has 2 heteroatoms. The first-order valence-electron chi connectivity index (χ1n) is 6.43. The predicted molar refractivity (Wildman–Crippen MR) is 72.5 cm³/mol. The highest BCUT2D eigenvalue weighted by atomic mass is 35.5. The van der Waals surface area contributed by atoms with Crippen molar-refractivity contribution in [1.29, 1.82) is 0 Å². The molecule has 0 saturated heterocycles. The topological polar surface area (TPSA) is 12.0 Å². The van der Waals surface area contributed by atoms with Gasteiger partial charge in [0.1, 0.15) is 0 Å². The van der Waals surface area contributed by atoms with Crippen molar-refractivity contribution >= 4 is 11.6 Å². The van der Waals surface area contributed by atoms with Crippen LogP contribution in [0.15, 0.2) is 36.4 Å². The maximum Gasteiger partial charge on any atom is 0.0408 e. The van der Waals surface area contributed by atoms with Crippen molar-refractivity contribution in [2.45, 2.75) is 37.1 Å². The van der Waals surface area contributed by atoms with Gasteiger partial charge in [-0.1, -0.05) is 35.9 Å². The molecule has 0 heterocycles. The molecule has 0 spiro atoms. The van der Waals surface area contributed by atoms with Crippen LogP contribution in [0, 0.1) is 0 Å². The standard InChI is InChI=1S/C15H18ClN/c16-13-5-3-4-12(10-13)15(8-1-2-9-15)11-17-14-6-7-14/h1-5,10,14,17H,6-9,11H2. The van der Waals surface area contributed by atoms with E-state index < -0.39 is 0 Å². The Bertz CT molecular complexity index is 426. The molecule has 0 radical (unpaired) electrons. The van der Waals surface area contributed by atoms with E-state index in [-0.39, 0.29) is 5.41 Å². The molecule has 0 aliphatic heterocycles. The van der Waals surface area contributed by atoms with E-state index in [9.17, 15) is 0 Å². The summed E-state index contributed by atoms with van der Waals surface area (Å²) < 4.78 is 0. The molecule has 1 fully saturated rings. The second-order valence-electron chi connectivity index (χ2n) is 5.33. The zero-order chi connectivity index (χ0) is 11.7. The molecule has 1 N–H and O–H groups in total. The number of hydrogen-bond donors (Lipinski definition) is 1. The molecule has 1 nitrogen and oxygen atoms in total. The van der Waals surface area contributed by atoms with Crippen molar-refractivity contribution in [3.63, 3.8) is 0 Å². The van der Waals surface area contributed by atoms with E-state index in [4.69, 9.17) is 11.6 Å². The molecular weight excluding hydrogens is 230 g/mol. The van der Waals surface area contributed by atoms with Gasteiger partial charge in [-0.3, -0.25) is 0 Å². The Balaban J connectivity index is 1.82. The van der Waals surface area contributed by atoms with E-state index in [2.05, 4.69) is 35.7 Å². The molecule has 90 valence electrons. The molecule has 1 aromatic rings. The molecular formula is C15H18ClN. The molecule has 0 bridgehead atoms. The van der Waals surface area contributed by atoms with E-state index in [1.165, 1.54) is 18.4 Å². The minimum absolute atomic E-state index is 0.244. The van der Waals surface area contributed by atoms with Gasteiger partial charge in [-0.15, -0.1) is 0 Å². The fourth-order valence-electron chi connectivity index (χ4n) is 2.63. The van der Waals surface area contributed by atoms with Crippen LogP contribution in [-0.2, 0) is 5.41 Å². The smallest absolute Gasteiger partial charge is 0.0408 e. The Hall–Kier alpha value is -0.790. The zero-order valence-corrected chi connectivity index (χ0v) is 10.7. The van der Waals surface area contributed by atoms with Crippen LogP contribution in [0.2, 0.25) is 5.02 Å². The van der Waals surface area contributed by atoms with Gasteiger partial charge in [0.25, 0.3) is 0 Å². The second-order valence-corrected chi connectivity index (χ2v) is 5.76. The summed E-state index contributed by atoms with van der Waals surface area (Å²) in [5.74, 6) is 0. The normalized spacial score (nSPS) is 21.9. The van der Waals surface area contributed by atoms with Gasteiger partial charge in [-0.25, -0.2) is 0 Å². The van der Waals surface area contributed by atoms with Gasteiger partial charge in [0.05, 0.1) is 0 Å². The average Bonchev–Trinajstić information content (AvgIpc) is 3.04. The van der Waals surface area contributed by atoms with Crippen molar-refractivity contribution in [2.24, 2.45) is 0 Å². The predicted octanol–water partition coefficient (Wildman–Crippen LogP) is 3.68. The lowest BCUT2D eigenvalue weighted by Gasteiger charge is -2.30. The van der Waals surface area contributed by atoms with E-state index in [0.717, 1.165) is 30.5 Å². The Morgan fingerprint density at radius 2 is 2.00 bits per heavy atom. The minimum Gasteiger partial charge on any atom is -0.313 e. The van der Waals surface area contributed by atoms with E-state index in [1.54, 1.807) is 0 Å². The Morgan fingerprint density at radius 1 is 1.24 bits per heavy atom. The first-order valence-corrected chi connectivity index (χ1v) is 6.81. The van der Waals surface area contributed by atoms with E-state index >= 15 is 0 Å². The van der Waals surface area contributed by atoms with Crippen LogP contribution in [0.3, 0.4) is 0 Å². The molecule has 3 rings (SSSR count). The molecule has 0 atom stereocenters. The highest BCUT2D eigenvalue weighted by molar-refractivity contribution is 6.30. The van der Waals surface area contributed by atoms with Crippen LogP contribution >= 0.6 is 11.6 Å². The Morgan fingerprint density at radius 3 is 2.65 bits per heavy atom. The first-order chi connectivity index (χ1) is 8.28. The SMILES string of the molecule is Clc1cccc(C2(CNC3CC3)CC=CC2)c1. The van der Waals surface area contributed by atoms with Crippen molar-refractivity contribution < 1.29 is 0 Å². The summed E-state index contributed by atoms with van der Waals surface area (Å²) in [4.78, 5) is 0. The van der Waals surface area contributed by atoms with Gasteiger partial charge in [0, 0.05) is 23.0 Å². The number of hydrogen-bond acceptors (Lipinski definition) is 1.